The SMILES string of the molecule is O=c1cccc2nc3ccccn3cc1-2. The molecule has 0 N–H and O–H groups in total. The van der Waals surface area contributed by atoms with Crippen LogP contribution in [-0.4, -0.2) is 9.38 Å². The van der Waals surface area contributed by atoms with Crippen molar-refractivity contribution in [1.29, 1.82) is 0 Å². The van der Waals surface area contributed by atoms with Crippen molar-refractivity contribution in [2.24, 2.45) is 0 Å². The molecule has 0 spiro atoms. The summed E-state index contributed by atoms with van der Waals surface area (Å²) in [4.78, 5) is 16.0. The van der Waals surface area contributed by atoms with Gasteiger partial charge in [0.1, 0.15) is 5.65 Å². The summed E-state index contributed by atoms with van der Waals surface area (Å²) in [7, 11) is 0. The molecule has 0 bridgehead atoms. The second-order valence-corrected chi connectivity index (χ2v) is 3.40. The van der Waals surface area contributed by atoms with Crippen molar-refractivity contribution in [1.82, 2.24) is 9.38 Å². The van der Waals surface area contributed by atoms with Crippen LogP contribution in [0.5, 0.6) is 0 Å². The van der Waals surface area contributed by atoms with E-state index in [2.05, 4.69) is 4.98 Å². The highest BCUT2D eigenvalue weighted by molar-refractivity contribution is 5.62. The lowest BCUT2D eigenvalue weighted by atomic mass is 10.1. The van der Waals surface area contributed by atoms with E-state index in [1.807, 2.05) is 41.1 Å². The maximum absolute atomic E-state index is 11.6. The maximum atomic E-state index is 11.6. The third-order valence-corrected chi connectivity index (χ3v) is 2.41. The summed E-state index contributed by atoms with van der Waals surface area (Å²) in [6, 6.07) is 10.9. The van der Waals surface area contributed by atoms with Crippen molar-refractivity contribution in [2.45, 2.75) is 0 Å². The summed E-state index contributed by atoms with van der Waals surface area (Å²) in [5.74, 6) is 0. The van der Waals surface area contributed by atoms with E-state index in [9.17, 15) is 4.79 Å². The minimum atomic E-state index is 0.0123. The van der Waals surface area contributed by atoms with Crippen LogP contribution in [-0.2, 0) is 0 Å². The molecule has 2 aliphatic rings. The van der Waals surface area contributed by atoms with Gasteiger partial charge in [0.15, 0.2) is 5.43 Å². The zero-order chi connectivity index (χ0) is 10.3. The molecule has 0 saturated heterocycles. The topological polar surface area (TPSA) is 34.4 Å². The first kappa shape index (κ1) is 8.17. The van der Waals surface area contributed by atoms with Gasteiger partial charge < -0.3 is 4.40 Å². The van der Waals surface area contributed by atoms with Gasteiger partial charge >= 0.3 is 0 Å². The van der Waals surface area contributed by atoms with Gasteiger partial charge in [-0.2, -0.15) is 0 Å². The number of hydrogen-bond donors (Lipinski definition) is 0. The first-order valence-corrected chi connectivity index (χ1v) is 4.71. The Balaban J connectivity index is 2.54. The largest absolute Gasteiger partial charge is 0.308 e. The molecule has 0 aromatic carbocycles. The van der Waals surface area contributed by atoms with Crippen molar-refractivity contribution in [2.75, 3.05) is 0 Å². The van der Waals surface area contributed by atoms with Crippen LogP contribution in [0.15, 0.2) is 53.6 Å². The Bertz CT molecular complexity index is 657. The molecule has 1 aromatic heterocycles. The highest BCUT2D eigenvalue weighted by atomic mass is 16.1. The summed E-state index contributed by atoms with van der Waals surface area (Å²) in [6.07, 6.45) is 3.70. The zero-order valence-electron chi connectivity index (χ0n) is 7.92. The molecule has 3 rings (SSSR count). The molecule has 1 aromatic rings. The van der Waals surface area contributed by atoms with Crippen LogP contribution < -0.4 is 5.43 Å². The number of benzene rings is 1. The van der Waals surface area contributed by atoms with E-state index >= 15 is 0 Å². The fraction of sp³-hybridized carbons (Fsp3) is 0. The molecule has 1 aliphatic heterocycles. The molecular weight excluding hydrogens is 188 g/mol. The third kappa shape index (κ3) is 1.21. The van der Waals surface area contributed by atoms with Gasteiger partial charge in [0.25, 0.3) is 0 Å². The average molecular weight is 196 g/mol. The smallest absolute Gasteiger partial charge is 0.189 e. The van der Waals surface area contributed by atoms with E-state index in [4.69, 9.17) is 0 Å². The van der Waals surface area contributed by atoms with Crippen LogP contribution >= 0.6 is 0 Å². The maximum Gasteiger partial charge on any atom is 0.189 e. The second-order valence-electron chi connectivity index (χ2n) is 3.40. The molecule has 2 heterocycles. The van der Waals surface area contributed by atoms with Crippen molar-refractivity contribution < 1.29 is 0 Å². The first-order valence-electron chi connectivity index (χ1n) is 4.71. The van der Waals surface area contributed by atoms with E-state index in [1.54, 1.807) is 12.1 Å². The van der Waals surface area contributed by atoms with Crippen LogP contribution in [0.2, 0.25) is 0 Å². The predicted molar refractivity (Wildman–Crippen MR) is 58.1 cm³/mol. The lowest BCUT2D eigenvalue weighted by Crippen LogP contribution is -2.07. The normalized spacial score (nSPS) is 10.9. The molecule has 0 atom stereocenters. The molecule has 1 aliphatic carbocycles. The minimum Gasteiger partial charge on any atom is -0.308 e. The molecule has 0 amide bonds. The van der Waals surface area contributed by atoms with Crippen molar-refractivity contribution in [3.05, 3.63) is 59.0 Å². The Kier molecular flexibility index (Phi) is 1.59. The fourth-order valence-electron chi connectivity index (χ4n) is 1.67. The predicted octanol–water partition coefficient (Wildman–Crippen LogP) is 1.80. The molecule has 72 valence electrons. The van der Waals surface area contributed by atoms with Crippen LogP contribution in [0.25, 0.3) is 16.9 Å². The molecule has 0 saturated carbocycles. The van der Waals surface area contributed by atoms with E-state index in [-0.39, 0.29) is 5.43 Å². The van der Waals surface area contributed by atoms with E-state index in [1.165, 1.54) is 0 Å². The van der Waals surface area contributed by atoms with Gasteiger partial charge in [-0.1, -0.05) is 12.1 Å². The number of rotatable bonds is 0. The number of hydrogen-bond acceptors (Lipinski definition) is 2. The number of aromatic nitrogens is 2. The van der Waals surface area contributed by atoms with Crippen molar-refractivity contribution >= 4 is 5.65 Å². The Morgan fingerprint density at radius 2 is 2.00 bits per heavy atom. The first-order chi connectivity index (χ1) is 7.34. The van der Waals surface area contributed by atoms with Gasteiger partial charge in [-0.25, -0.2) is 4.98 Å². The summed E-state index contributed by atoms with van der Waals surface area (Å²) in [5.41, 5.74) is 2.25. The Hall–Kier alpha value is -2.16. The lowest BCUT2D eigenvalue weighted by Gasteiger charge is -2.06. The van der Waals surface area contributed by atoms with Gasteiger partial charge in [0.05, 0.1) is 11.3 Å². The van der Waals surface area contributed by atoms with Gasteiger partial charge in [0, 0.05) is 12.4 Å². The van der Waals surface area contributed by atoms with Gasteiger partial charge in [-0.05, 0) is 24.3 Å². The minimum absolute atomic E-state index is 0.0123. The quantitative estimate of drug-likeness (QED) is 0.514. The van der Waals surface area contributed by atoms with E-state index < -0.39 is 0 Å². The van der Waals surface area contributed by atoms with Crippen LogP contribution in [0.4, 0.5) is 0 Å². The van der Waals surface area contributed by atoms with Crippen LogP contribution in [0.3, 0.4) is 0 Å². The molecule has 3 heteroatoms. The highest BCUT2D eigenvalue weighted by Gasteiger charge is 2.07. The van der Waals surface area contributed by atoms with Gasteiger partial charge in [-0.15, -0.1) is 0 Å². The van der Waals surface area contributed by atoms with Gasteiger partial charge in [0.2, 0.25) is 0 Å². The Morgan fingerprint density at radius 3 is 2.93 bits per heavy atom. The second kappa shape index (κ2) is 2.92. The molecule has 0 unspecified atom stereocenters. The average Bonchev–Trinajstić information content (AvgIpc) is 2.27. The third-order valence-electron chi connectivity index (χ3n) is 2.41. The lowest BCUT2D eigenvalue weighted by molar-refractivity contribution is 1.10. The summed E-state index contributed by atoms with van der Waals surface area (Å²) in [6.45, 7) is 0. The molecule has 0 radical (unpaired) electrons. The molecule has 3 nitrogen and oxygen atoms in total. The Labute approximate surface area is 86.0 Å². The number of pyridine rings is 1. The molecule has 15 heavy (non-hydrogen) atoms. The van der Waals surface area contributed by atoms with E-state index in [0.29, 0.717) is 5.56 Å². The number of fused-ring (bicyclic) bond motifs is 2. The molecular formula is C12H8N2O. The number of nitrogens with zero attached hydrogens (tertiary/aromatic N) is 2. The monoisotopic (exact) mass is 196 g/mol. The van der Waals surface area contributed by atoms with Crippen molar-refractivity contribution in [3.8, 4) is 11.3 Å². The van der Waals surface area contributed by atoms with Crippen LogP contribution in [0, 0.1) is 0 Å². The van der Waals surface area contributed by atoms with Crippen molar-refractivity contribution in [3.63, 3.8) is 0 Å². The van der Waals surface area contributed by atoms with E-state index in [0.717, 1.165) is 11.3 Å². The summed E-state index contributed by atoms with van der Waals surface area (Å²) in [5, 5.41) is 0. The standard InChI is InChI=1S/C12H8N2O/c15-11-5-3-4-10-9(11)8-14-7-2-1-6-12(14)13-10/h1-8H. The highest BCUT2D eigenvalue weighted by Crippen LogP contribution is 2.15. The van der Waals surface area contributed by atoms with Crippen LogP contribution in [0.1, 0.15) is 0 Å². The van der Waals surface area contributed by atoms with Gasteiger partial charge in [-0.3, -0.25) is 4.79 Å². The summed E-state index contributed by atoms with van der Waals surface area (Å²) >= 11 is 0. The summed E-state index contributed by atoms with van der Waals surface area (Å²) < 4.78 is 1.85. The Morgan fingerprint density at radius 1 is 1.07 bits per heavy atom. The zero-order valence-corrected chi connectivity index (χ0v) is 7.92. The molecule has 0 fully saturated rings. The fourth-order valence-corrected chi connectivity index (χ4v) is 1.67.